The number of benzene rings is 7. The van der Waals surface area contributed by atoms with Gasteiger partial charge < -0.3 is 4.90 Å². The second kappa shape index (κ2) is 16.8. The van der Waals surface area contributed by atoms with Crippen molar-refractivity contribution in [3.05, 3.63) is 257 Å². The van der Waals surface area contributed by atoms with E-state index < -0.39 is 0 Å². The van der Waals surface area contributed by atoms with E-state index in [4.69, 9.17) is 0 Å². The summed E-state index contributed by atoms with van der Waals surface area (Å²) < 4.78 is 0. The average molecular weight is 668 g/mol. The molecule has 0 atom stereocenters. The minimum Gasteiger partial charge on any atom is -0.311 e. The van der Waals surface area contributed by atoms with Crippen molar-refractivity contribution in [2.24, 2.45) is 0 Å². The summed E-state index contributed by atoms with van der Waals surface area (Å²) in [6, 6.07) is 68.5. The number of nitrogens with zero attached hydrogens (tertiary/aromatic N) is 1. The lowest BCUT2D eigenvalue weighted by Gasteiger charge is -2.26. The molecule has 1 nitrogen and oxygen atoms in total. The number of anilines is 3. The summed E-state index contributed by atoms with van der Waals surface area (Å²) in [5, 5.41) is 0. The van der Waals surface area contributed by atoms with E-state index in [0.717, 1.165) is 28.2 Å². The zero-order valence-electron chi connectivity index (χ0n) is 29.4. The Labute approximate surface area is 308 Å². The van der Waals surface area contributed by atoms with Crippen LogP contribution in [0.4, 0.5) is 17.1 Å². The second-order valence-electron chi connectivity index (χ2n) is 12.7. The van der Waals surface area contributed by atoms with Crippen LogP contribution < -0.4 is 4.90 Å². The fourth-order valence-corrected chi connectivity index (χ4v) is 6.31. The van der Waals surface area contributed by atoms with E-state index in [-0.39, 0.29) is 0 Å². The highest BCUT2D eigenvalue weighted by Crippen LogP contribution is 2.35. The number of allylic oxidation sites excluding steroid dienone is 4. The van der Waals surface area contributed by atoms with Gasteiger partial charge in [0, 0.05) is 17.1 Å². The topological polar surface area (TPSA) is 3.24 Å². The van der Waals surface area contributed by atoms with E-state index in [1.165, 1.54) is 39.0 Å². The summed E-state index contributed by atoms with van der Waals surface area (Å²) in [5.74, 6) is 0. The lowest BCUT2D eigenvalue weighted by Crippen LogP contribution is -2.09. The van der Waals surface area contributed by atoms with Gasteiger partial charge in [-0.05, 0) is 87.8 Å². The summed E-state index contributed by atoms with van der Waals surface area (Å²) in [5.41, 5.74) is 14.0. The molecule has 7 aromatic carbocycles. The van der Waals surface area contributed by atoms with Gasteiger partial charge in [0.15, 0.2) is 0 Å². The van der Waals surface area contributed by atoms with Crippen LogP contribution in [0.25, 0.3) is 23.3 Å². The largest absolute Gasteiger partial charge is 0.311 e. The average Bonchev–Trinajstić information content (AvgIpc) is 3.21. The molecule has 0 spiro atoms. The molecule has 0 aromatic heterocycles. The summed E-state index contributed by atoms with van der Waals surface area (Å²) in [7, 11) is 0. The van der Waals surface area contributed by atoms with Gasteiger partial charge in [-0.25, -0.2) is 0 Å². The van der Waals surface area contributed by atoms with Gasteiger partial charge in [0.25, 0.3) is 0 Å². The van der Waals surface area contributed by atoms with Crippen molar-refractivity contribution in [1.82, 2.24) is 0 Å². The SMILES string of the molecule is Cc1ccc(N(c2ccc(C=CC=C(c3ccccc3)c3ccccc3)cc2)c2ccc(C=CC=C(c3ccccc3)c3ccccc3)cc2)cc1. The fraction of sp³-hybridized carbons (Fsp3) is 0.0196. The first kappa shape index (κ1) is 33.8. The van der Waals surface area contributed by atoms with Gasteiger partial charge in [-0.2, -0.15) is 0 Å². The highest BCUT2D eigenvalue weighted by Gasteiger charge is 2.12. The van der Waals surface area contributed by atoms with Gasteiger partial charge in [-0.15, -0.1) is 0 Å². The van der Waals surface area contributed by atoms with E-state index in [0.29, 0.717) is 0 Å². The molecule has 0 saturated heterocycles. The molecule has 0 aliphatic carbocycles. The molecule has 0 heterocycles. The first-order valence-electron chi connectivity index (χ1n) is 17.8. The predicted molar refractivity (Wildman–Crippen MR) is 224 cm³/mol. The summed E-state index contributed by atoms with van der Waals surface area (Å²) in [4.78, 5) is 2.31. The van der Waals surface area contributed by atoms with E-state index in [2.05, 4.69) is 242 Å². The summed E-state index contributed by atoms with van der Waals surface area (Å²) in [6.07, 6.45) is 13.0. The zero-order chi connectivity index (χ0) is 35.4. The van der Waals surface area contributed by atoms with Crippen LogP contribution in [0.15, 0.2) is 218 Å². The van der Waals surface area contributed by atoms with Crippen molar-refractivity contribution in [3.8, 4) is 0 Å². The van der Waals surface area contributed by atoms with Crippen LogP contribution in [0, 0.1) is 6.92 Å². The molecule has 0 amide bonds. The molecule has 0 aliphatic heterocycles. The van der Waals surface area contributed by atoms with Crippen molar-refractivity contribution in [2.45, 2.75) is 6.92 Å². The minimum absolute atomic E-state index is 1.10. The molecule has 0 aliphatic rings. The maximum Gasteiger partial charge on any atom is 0.0462 e. The molecule has 0 fully saturated rings. The highest BCUT2D eigenvalue weighted by atomic mass is 15.1. The van der Waals surface area contributed by atoms with Crippen LogP contribution in [0.3, 0.4) is 0 Å². The third-order valence-electron chi connectivity index (χ3n) is 9.04. The molecule has 0 bridgehead atoms. The molecule has 0 N–H and O–H groups in total. The Morgan fingerprint density at radius 2 is 0.635 bits per heavy atom. The minimum atomic E-state index is 1.10. The Bertz CT molecular complexity index is 2050. The van der Waals surface area contributed by atoms with Crippen LogP contribution in [-0.2, 0) is 0 Å². The Morgan fingerprint density at radius 3 is 0.942 bits per heavy atom. The summed E-state index contributed by atoms with van der Waals surface area (Å²) >= 11 is 0. The van der Waals surface area contributed by atoms with Gasteiger partial charge >= 0.3 is 0 Å². The van der Waals surface area contributed by atoms with Crippen LogP contribution in [-0.4, -0.2) is 0 Å². The predicted octanol–water partition coefficient (Wildman–Crippen LogP) is 13.8. The Balaban J connectivity index is 1.14. The molecular formula is C51H41N. The Hall–Kier alpha value is -6.70. The molecule has 0 unspecified atom stereocenters. The summed E-state index contributed by atoms with van der Waals surface area (Å²) in [6.45, 7) is 2.13. The Morgan fingerprint density at radius 1 is 0.346 bits per heavy atom. The molecule has 1 heteroatoms. The molecule has 0 saturated carbocycles. The van der Waals surface area contributed by atoms with E-state index in [1.54, 1.807) is 0 Å². The lowest BCUT2D eigenvalue weighted by atomic mass is 9.97. The number of rotatable bonds is 11. The Kier molecular flexibility index (Phi) is 10.9. The molecule has 250 valence electrons. The third kappa shape index (κ3) is 8.53. The van der Waals surface area contributed by atoms with Crippen LogP contribution >= 0.6 is 0 Å². The normalized spacial score (nSPS) is 11.0. The van der Waals surface area contributed by atoms with Crippen LogP contribution in [0.5, 0.6) is 0 Å². The highest BCUT2D eigenvalue weighted by molar-refractivity contribution is 5.83. The van der Waals surface area contributed by atoms with E-state index in [9.17, 15) is 0 Å². The van der Waals surface area contributed by atoms with Gasteiger partial charge in [0.05, 0.1) is 0 Å². The van der Waals surface area contributed by atoms with Crippen LogP contribution in [0.1, 0.15) is 38.9 Å². The quantitative estimate of drug-likeness (QED) is 0.124. The molecule has 7 aromatic rings. The molecule has 52 heavy (non-hydrogen) atoms. The smallest absolute Gasteiger partial charge is 0.0462 e. The first-order valence-corrected chi connectivity index (χ1v) is 17.8. The maximum atomic E-state index is 2.31. The lowest BCUT2D eigenvalue weighted by molar-refractivity contribution is 1.27. The molecular weight excluding hydrogens is 627 g/mol. The standard InChI is InChI=1S/C51H41N/c1-40-28-34-47(35-29-40)52(48-36-30-41(31-37-48)16-14-26-50(43-18-6-2-7-19-43)44-20-8-3-9-21-44)49-38-32-42(33-39-49)17-15-27-51(45-22-10-4-11-23-45)46-24-12-5-13-25-46/h2-39H,1H3. The van der Waals surface area contributed by atoms with Crippen molar-refractivity contribution < 1.29 is 0 Å². The number of aryl methyl sites for hydroxylation is 1. The van der Waals surface area contributed by atoms with E-state index in [1.807, 2.05) is 0 Å². The maximum absolute atomic E-state index is 2.31. The number of hydrogen-bond acceptors (Lipinski definition) is 1. The van der Waals surface area contributed by atoms with Crippen molar-refractivity contribution in [2.75, 3.05) is 4.90 Å². The van der Waals surface area contributed by atoms with E-state index >= 15 is 0 Å². The van der Waals surface area contributed by atoms with Gasteiger partial charge in [0.1, 0.15) is 0 Å². The first-order chi connectivity index (χ1) is 25.7. The van der Waals surface area contributed by atoms with Gasteiger partial charge in [0.2, 0.25) is 0 Å². The van der Waals surface area contributed by atoms with Gasteiger partial charge in [-0.3, -0.25) is 0 Å². The zero-order valence-corrected chi connectivity index (χ0v) is 29.4. The second-order valence-corrected chi connectivity index (χ2v) is 12.7. The fourth-order valence-electron chi connectivity index (χ4n) is 6.31. The van der Waals surface area contributed by atoms with Crippen molar-refractivity contribution in [3.63, 3.8) is 0 Å². The third-order valence-corrected chi connectivity index (χ3v) is 9.04. The molecule has 7 rings (SSSR count). The van der Waals surface area contributed by atoms with Crippen molar-refractivity contribution >= 4 is 40.4 Å². The van der Waals surface area contributed by atoms with Crippen LogP contribution in [0.2, 0.25) is 0 Å². The van der Waals surface area contributed by atoms with Gasteiger partial charge in [-0.1, -0.05) is 200 Å². The monoisotopic (exact) mass is 667 g/mol. The number of hydrogen-bond donors (Lipinski definition) is 0. The van der Waals surface area contributed by atoms with Crippen molar-refractivity contribution in [1.29, 1.82) is 0 Å². The molecule has 0 radical (unpaired) electrons.